The third kappa shape index (κ3) is 5.04. The van der Waals surface area contributed by atoms with Gasteiger partial charge in [-0.25, -0.2) is 0 Å². The number of ether oxygens (including phenoxy) is 2. The summed E-state index contributed by atoms with van der Waals surface area (Å²) in [6.07, 6.45) is 0. The van der Waals surface area contributed by atoms with Gasteiger partial charge in [-0.3, -0.25) is 4.90 Å². The normalized spacial score (nSPS) is 15.5. The molecule has 5 heteroatoms. The van der Waals surface area contributed by atoms with Crippen molar-refractivity contribution in [3.8, 4) is 11.5 Å². The Morgan fingerprint density at radius 3 is 2.30 bits per heavy atom. The van der Waals surface area contributed by atoms with Crippen LogP contribution in [0.3, 0.4) is 0 Å². The summed E-state index contributed by atoms with van der Waals surface area (Å²) < 4.78 is 12.9. The van der Waals surface area contributed by atoms with E-state index >= 15 is 0 Å². The van der Waals surface area contributed by atoms with E-state index in [1.165, 1.54) is 11.1 Å². The van der Waals surface area contributed by atoms with Gasteiger partial charge in [-0.15, -0.1) is 0 Å². The molecule has 1 N–H and O–H groups in total. The standard InChI is InChI=1S/C25H27BrN2O2/c1-29-24-17-21(9-12-23(24)30-18-19-5-3-2-4-6-19)25(28-15-13-27-14-16-28)20-7-10-22(26)11-8-20/h2-12,17,25,27H,13-16,18H2,1H3. The predicted molar refractivity (Wildman–Crippen MR) is 124 cm³/mol. The molecule has 156 valence electrons. The number of benzene rings is 3. The molecule has 1 aliphatic heterocycles. The Kier molecular flexibility index (Phi) is 7.05. The van der Waals surface area contributed by atoms with E-state index < -0.39 is 0 Å². The Hall–Kier alpha value is -2.34. The van der Waals surface area contributed by atoms with Crippen molar-refractivity contribution in [1.29, 1.82) is 0 Å². The van der Waals surface area contributed by atoms with Crippen LogP contribution in [0.15, 0.2) is 77.3 Å². The molecule has 1 fully saturated rings. The van der Waals surface area contributed by atoms with Crippen LogP contribution >= 0.6 is 15.9 Å². The van der Waals surface area contributed by atoms with Gasteiger partial charge in [0.25, 0.3) is 0 Å². The number of hydrogen-bond acceptors (Lipinski definition) is 4. The van der Waals surface area contributed by atoms with Gasteiger partial charge in [0.1, 0.15) is 6.61 Å². The molecule has 1 atom stereocenters. The second kappa shape index (κ2) is 10.1. The van der Waals surface area contributed by atoms with E-state index in [1.54, 1.807) is 7.11 Å². The number of hydrogen-bond donors (Lipinski definition) is 1. The Bertz CT molecular complexity index is 941. The molecule has 1 heterocycles. The van der Waals surface area contributed by atoms with Crippen molar-refractivity contribution in [2.24, 2.45) is 0 Å². The maximum absolute atomic E-state index is 6.06. The van der Waals surface area contributed by atoms with E-state index in [4.69, 9.17) is 9.47 Å². The van der Waals surface area contributed by atoms with Gasteiger partial charge in [0.2, 0.25) is 0 Å². The molecular weight excluding hydrogens is 440 g/mol. The molecule has 0 aromatic heterocycles. The molecule has 0 aliphatic carbocycles. The quantitative estimate of drug-likeness (QED) is 0.529. The van der Waals surface area contributed by atoms with E-state index in [9.17, 15) is 0 Å². The minimum Gasteiger partial charge on any atom is -0.493 e. The summed E-state index contributed by atoms with van der Waals surface area (Å²) >= 11 is 3.56. The lowest BCUT2D eigenvalue weighted by Crippen LogP contribution is -2.45. The third-order valence-electron chi connectivity index (χ3n) is 5.44. The average Bonchev–Trinajstić information content (AvgIpc) is 2.81. The smallest absolute Gasteiger partial charge is 0.161 e. The fourth-order valence-corrected chi connectivity index (χ4v) is 4.17. The van der Waals surface area contributed by atoms with Gasteiger partial charge in [-0.1, -0.05) is 64.5 Å². The highest BCUT2D eigenvalue weighted by molar-refractivity contribution is 9.10. The van der Waals surface area contributed by atoms with Crippen LogP contribution in [0.1, 0.15) is 22.7 Å². The van der Waals surface area contributed by atoms with E-state index in [0.717, 1.165) is 47.7 Å². The number of nitrogens with one attached hydrogen (secondary N) is 1. The topological polar surface area (TPSA) is 33.7 Å². The first-order chi connectivity index (χ1) is 14.7. The Balaban J connectivity index is 1.62. The van der Waals surface area contributed by atoms with Crippen LogP contribution in [0, 0.1) is 0 Å². The summed E-state index contributed by atoms with van der Waals surface area (Å²) in [6, 6.07) is 25.3. The minimum absolute atomic E-state index is 0.178. The average molecular weight is 467 g/mol. The molecular formula is C25H27BrN2O2. The molecule has 1 unspecified atom stereocenters. The molecule has 3 aromatic rings. The van der Waals surface area contributed by atoms with Crippen molar-refractivity contribution in [2.75, 3.05) is 33.3 Å². The van der Waals surface area contributed by atoms with Crippen LogP contribution in [-0.2, 0) is 6.61 Å². The van der Waals surface area contributed by atoms with Gasteiger partial charge in [0.15, 0.2) is 11.5 Å². The van der Waals surface area contributed by atoms with Gasteiger partial charge in [0, 0.05) is 30.7 Å². The van der Waals surface area contributed by atoms with Crippen LogP contribution in [0.5, 0.6) is 11.5 Å². The number of rotatable bonds is 7. The van der Waals surface area contributed by atoms with Crippen molar-refractivity contribution < 1.29 is 9.47 Å². The lowest BCUT2D eigenvalue weighted by molar-refractivity contribution is 0.198. The minimum atomic E-state index is 0.178. The molecule has 30 heavy (non-hydrogen) atoms. The highest BCUT2D eigenvalue weighted by Gasteiger charge is 2.25. The van der Waals surface area contributed by atoms with Crippen molar-refractivity contribution in [1.82, 2.24) is 10.2 Å². The summed E-state index contributed by atoms with van der Waals surface area (Å²) in [6.45, 7) is 4.54. The summed E-state index contributed by atoms with van der Waals surface area (Å²) in [4.78, 5) is 2.53. The number of halogens is 1. The maximum atomic E-state index is 6.06. The van der Waals surface area contributed by atoms with E-state index in [-0.39, 0.29) is 6.04 Å². The number of nitrogens with zero attached hydrogens (tertiary/aromatic N) is 1. The summed E-state index contributed by atoms with van der Waals surface area (Å²) in [5, 5.41) is 3.45. The molecule has 3 aromatic carbocycles. The zero-order chi connectivity index (χ0) is 20.8. The van der Waals surface area contributed by atoms with Crippen molar-refractivity contribution in [3.05, 3.63) is 94.0 Å². The first-order valence-electron chi connectivity index (χ1n) is 10.3. The Morgan fingerprint density at radius 2 is 1.60 bits per heavy atom. The second-order valence-corrected chi connectivity index (χ2v) is 8.34. The molecule has 0 saturated carbocycles. The number of piperazine rings is 1. The van der Waals surface area contributed by atoms with Gasteiger partial charge in [0.05, 0.1) is 13.2 Å². The van der Waals surface area contributed by atoms with Crippen molar-refractivity contribution in [2.45, 2.75) is 12.6 Å². The summed E-state index contributed by atoms with van der Waals surface area (Å²) in [5.74, 6) is 1.53. The fraction of sp³-hybridized carbons (Fsp3) is 0.280. The van der Waals surface area contributed by atoms with Crippen LogP contribution < -0.4 is 14.8 Å². The third-order valence-corrected chi connectivity index (χ3v) is 5.97. The zero-order valence-electron chi connectivity index (χ0n) is 17.2. The Labute approximate surface area is 186 Å². The summed E-state index contributed by atoms with van der Waals surface area (Å²) in [5.41, 5.74) is 3.63. The predicted octanol–water partition coefficient (Wildman–Crippen LogP) is 5.03. The second-order valence-electron chi connectivity index (χ2n) is 7.42. The monoisotopic (exact) mass is 466 g/mol. The van der Waals surface area contributed by atoms with Crippen LogP contribution in [-0.4, -0.2) is 38.2 Å². The van der Waals surface area contributed by atoms with Crippen LogP contribution in [0.2, 0.25) is 0 Å². The first kappa shape index (κ1) is 20.9. The molecule has 0 bridgehead atoms. The summed E-state index contributed by atoms with van der Waals surface area (Å²) in [7, 11) is 1.70. The Morgan fingerprint density at radius 1 is 0.900 bits per heavy atom. The lowest BCUT2D eigenvalue weighted by Gasteiger charge is -2.35. The SMILES string of the molecule is COc1cc(C(c2ccc(Br)cc2)N2CCNCC2)ccc1OCc1ccccc1. The van der Waals surface area contributed by atoms with Gasteiger partial charge in [-0.2, -0.15) is 0 Å². The molecule has 0 amide bonds. The highest BCUT2D eigenvalue weighted by Crippen LogP contribution is 2.36. The fourth-order valence-electron chi connectivity index (χ4n) is 3.91. The van der Waals surface area contributed by atoms with Crippen molar-refractivity contribution in [3.63, 3.8) is 0 Å². The van der Waals surface area contributed by atoms with Gasteiger partial charge < -0.3 is 14.8 Å². The largest absolute Gasteiger partial charge is 0.493 e. The molecule has 1 aliphatic rings. The van der Waals surface area contributed by atoms with Gasteiger partial charge in [-0.05, 0) is 41.0 Å². The van der Waals surface area contributed by atoms with Crippen LogP contribution in [0.25, 0.3) is 0 Å². The molecule has 1 saturated heterocycles. The molecule has 0 radical (unpaired) electrons. The van der Waals surface area contributed by atoms with E-state index in [2.05, 4.69) is 74.7 Å². The van der Waals surface area contributed by atoms with Gasteiger partial charge >= 0.3 is 0 Å². The van der Waals surface area contributed by atoms with E-state index in [1.807, 2.05) is 24.3 Å². The molecule has 0 spiro atoms. The number of methoxy groups -OCH3 is 1. The highest BCUT2D eigenvalue weighted by atomic mass is 79.9. The first-order valence-corrected chi connectivity index (χ1v) is 11.1. The lowest BCUT2D eigenvalue weighted by atomic mass is 9.96. The van der Waals surface area contributed by atoms with Crippen LogP contribution in [0.4, 0.5) is 0 Å². The molecule has 4 rings (SSSR count). The van der Waals surface area contributed by atoms with E-state index in [0.29, 0.717) is 6.61 Å². The zero-order valence-corrected chi connectivity index (χ0v) is 18.8. The van der Waals surface area contributed by atoms with Crippen molar-refractivity contribution >= 4 is 15.9 Å². The molecule has 4 nitrogen and oxygen atoms in total. The maximum Gasteiger partial charge on any atom is 0.161 e.